The van der Waals surface area contributed by atoms with Gasteiger partial charge in [-0.3, -0.25) is 14.9 Å². The fourth-order valence-electron chi connectivity index (χ4n) is 2.98. The number of carbonyl (C=O) groups excluding carboxylic acids is 2. The van der Waals surface area contributed by atoms with Gasteiger partial charge in [0.05, 0.1) is 13.2 Å². The van der Waals surface area contributed by atoms with E-state index in [9.17, 15) is 9.59 Å². The third-order valence-corrected chi connectivity index (χ3v) is 4.53. The Morgan fingerprint density at radius 1 is 1.22 bits per heavy atom. The van der Waals surface area contributed by atoms with Crippen molar-refractivity contribution in [1.82, 2.24) is 9.88 Å². The molecule has 8 heteroatoms. The molecule has 3 fully saturated rings. The van der Waals surface area contributed by atoms with Gasteiger partial charge in [0.2, 0.25) is 5.91 Å². The Labute approximate surface area is 133 Å². The molecule has 1 spiro atoms. The summed E-state index contributed by atoms with van der Waals surface area (Å²) in [5.74, 6) is -0.746. The van der Waals surface area contributed by atoms with Crippen LogP contribution in [0.25, 0.3) is 0 Å². The average Bonchev–Trinajstić information content (AvgIpc) is 3.17. The van der Waals surface area contributed by atoms with E-state index in [1.54, 1.807) is 4.90 Å². The SMILES string of the molecule is O=C(Nc1nc(C(=O)N2CCC3(CC2)OCCO3)co1)C1CC1. The van der Waals surface area contributed by atoms with E-state index in [0.717, 1.165) is 12.8 Å². The van der Waals surface area contributed by atoms with Crippen LogP contribution in [0.2, 0.25) is 0 Å². The van der Waals surface area contributed by atoms with Gasteiger partial charge in [-0.1, -0.05) is 0 Å². The number of hydrogen-bond acceptors (Lipinski definition) is 6. The summed E-state index contributed by atoms with van der Waals surface area (Å²) in [6, 6.07) is 0.0844. The number of piperidine rings is 1. The molecule has 0 unspecified atom stereocenters. The smallest absolute Gasteiger partial charge is 0.302 e. The lowest BCUT2D eigenvalue weighted by Crippen LogP contribution is -2.47. The first-order valence-corrected chi connectivity index (χ1v) is 7.99. The van der Waals surface area contributed by atoms with Crippen molar-refractivity contribution in [2.75, 3.05) is 31.6 Å². The van der Waals surface area contributed by atoms with E-state index in [1.807, 2.05) is 0 Å². The Balaban J connectivity index is 1.35. The van der Waals surface area contributed by atoms with Gasteiger partial charge in [-0.2, -0.15) is 4.98 Å². The zero-order valence-electron chi connectivity index (χ0n) is 12.7. The molecule has 23 heavy (non-hydrogen) atoms. The Bertz CT molecular complexity index is 608. The maximum Gasteiger partial charge on any atom is 0.302 e. The molecule has 1 aromatic rings. The van der Waals surface area contributed by atoms with Crippen LogP contribution in [0.1, 0.15) is 36.2 Å². The molecule has 2 amide bonds. The molecular weight excluding hydrogens is 302 g/mol. The first-order chi connectivity index (χ1) is 11.2. The van der Waals surface area contributed by atoms with Gasteiger partial charge in [0.1, 0.15) is 6.26 Å². The lowest BCUT2D eigenvalue weighted by molar-refractivity contribution is -0.181. The predicted octanol–water partition coefficient (Wildman–Crippen LogP) is 1.00. The zero-order valence-corrected chi connectivity index (χ0v) is 12.7. The fourth-order valence-corrected chi connectivity index (χ4v) is 2.98. The summed E-state index contributed by atoms with van der Waals surface area (Å²) in [5, 5.41) is 2.59. The van der Waals surface area contributed by atoms with Crippen LogP contribution in [0.3, 0.4) is 0 Å². The molecule has 3 heterocycles. The van der Waals surface area contributed by atoms with Gasteiger partial charge in [-0.25, -0.2) is 0 Å². The van der Waals surface area contributed by atoms with Gasteiger partial charge in [-0.15, -0.1) is 0 Å². The highest BCUT2D eigenvalue weighted by atomic mass is 16.7. The third-order valence-electron chi connectivity index (χ3n) is 4.53. The zero-order chi connectivity index (χ0) is 15.9. The van der Waals surface area contributed by atoms with E-state index >= 15 is 0 Å². The molecule has 124 valence electrons. The number of ether oxygens (including phenoxy) is 2. The lowest BCUT2D eigenvalue weighted by Gasteiger charge is -2.37. The van der Waals surface area contributed by atoms with Crippen LogP contribution in [0, 0.1) is 5.92 Å². The molecule has 1 N–H and O–H groups in total. The second-order valence-electron chi connectivity index (χ2n) is 6.20. The van der Waals surface area contributed by atoms with Crippen molar-refractivity contribution in [2.24, 2.45) is 5.92 Å². The molecule has 2 aliphatic heterocycles. The summed E-state index contributed by atoms with van der Waals surface area (Å²) in [4.78, 5) is 29.9. The minimum absolute atomic E-state index is 0.0609. The van der Waals surface area contributed by atoms with Crippen molar-refractivity contribution in [3.05, 3.63) is 12.0 Å². The molecule has 1 aliphatic carbocycles. The number of anilines is 1. The highest BCUT2D eigenvalue weighted by molar-refractivity contribution is 5.94. The average molecular weight is 321 g/mol. The highest BCUT2D eigenvalue weighted by Crippen LogP contribution is 2.32. The largest absolute Gasteiger partial charge is 0.431 e. The van der Waals surface area contributed by atoms with Gasteiger partial charge in [0.15, 0.2) is 11.5 Å². The van der Waals surface area contributed by atoms with Crippen molar-refractivity contribution >= 4 is 17.8 Å². The number of hydrogen-bond donors (Lipinski definition) is 1. The monoisotopic (exact) mass is 321 g/mol. The molecule has 0 aromatic carbocycles. The number of carbonyl (C=O) groups is 2. The van der Waals surface area contributed by atoms with Gasteiger partial charge < -0.3 is 18.8 Å². The van der Waals surface area contributed by atoms with E-state index in [4.69, 9.17) is 13.9 Å². The van der Waals surface area contributed by atoms with Crippen LogP contribution in [-0.4, -0.2) is 53.8 Å². The number of oxazole rings is 1. The molecule has 1 aromatic heterocycles. The van der Waals surface area contributed by atoms with Crippen LogP contribution in [-0.2, 0) is 14.3 Å². The molecule has 0 atom stereocenters. The van der Waals surface area contributed by atoms with Crippen LogP contribution in [0.15, 0.2) is 10.7 Å². The molecule has 3 aliphatic rings. The van der Waals surface area contributed by atoms with Gasteiger partial charge in [-0.05, 0) is 12.8 Å². The Hall–Kier alpha value is -1.93. The molecule has 4 rings (SSSR count). The molecule has 2 saturated heterocycles. The second-order valence-corrected chi connectivity index (χ2v) is 6.20. The van der Waals surface area contributed by atoms with Crippen molar-refractivity contribution in [3.8, 4) is 0 Å². The first-order valence-electron chi connectivity index (χ1n) is 7.99. The summed E-state index contributed by atoms with van der Waals surface area (Å²) in [6.07, 6.45) is 4.40. The van der Waals surface area contributed by atoms with Crippen molar-refractivity contribution in [2.45, 2.75) is 31.5 Å². The van der Waals surface area contributed by atoms with Crippen LogP contribution < -0.4 is 5.32 Å². The molecule has 1 saturated carbocycles. The van der Waals surface area contributed by atoms with E-state index in [0.29, 0.717) is 39.1 Å². The van der Waals surface area contributed by atoms with Crippen molar-refractivity contribution < 1.29 is 23.5 Å². The first kappa shape index (κ1) is 14.6. The number of rotatable bonds is 3. The fraction of sp³-hybridized carbons (Fsp3) is 0.667. The molecular formula is C15H19N3O5. The molecule has 0 bridgehead atoms. The van der Waals surface area contributed by atoms with E-state index in [1.165, 1.54) is 6.26 Å². The minimum atomic E-state index is -0.510. The Morgan fingerprint density at radius 3 is 2.57 bits per heavy atom. The summed E-state index contributed by atoms with van der Waals surface area (Å²) in [5.41, 5.74) is 0.209. The van der Waals surface area contributed by atoms with Crippen molar-refractivity contribution in [1.29, 1.82) is 0 Å². The Morgan fingerprint density at radius 2 is 1.91 bits per heavy atom. The van der Waals surface area contributed by atoms with Crippen LogP contribution in [0.4, 0.5) is 6.01 Å². The quantitative estimate of drug-likeness (QED) is 0.892. The highest BCUT2D eigenvalue weighted by Gasteiger charge is 2.41. The summed E-state index contributed by atoms with van der Waals surface area (Å²) in [7, 11) is 0. The van der Waals surface area contributed by atoms with E-state index < -0.39 is 5.79 Å². The van der Waals surface area contributed by atoms with Gasteiger partial charge in [0.25, 0.3) is 5.91 Å². The number of nitrogens with zero attached hydrogens (tertiary/aromatic N) is 2. The number of nitrogens with one attached hydrogen (secondary N) is 1. The number of likely N-dealkylation sites (tertiary alicyclic amines) is 1. The maximum absolute atomic E-state index is 12.5. The normalized spacial score (nSPS) is 23.2. The third kappa shape index (κ3) is 2.96. The van der Waals surface area contributed by atoms with Crippen LogP contribution in [0.5, 0.6) is 0 Å². The van der Waals surface area contributed by atoms with E-state index in [2.05, 4.69) is 10.3 Å². The number of aromatic nitrogens is 1. The summed E-state index contributed by atoms with van der Waals surface area (Å²) in [6.45, 7) is 2.33. The molecule has 0 radical (unpaired) electrons. The lowest BCUT2D eigenvalue weighted by atomic mass is 10.0. The number of amides is 2. The molecule has 8 nitrogen and oxygen atoms in total. The minimum Gasteiger partial charge on any atom is -0.431 e. The van der Waals surface area contributed by atoms with Crippen molar-refractivity contribution in [3.63, 3.8) is 0 Å². The standard InChI is InChI=1S/C15H19N3O5/c19-12(10-1-2-10)17-14-16-11(9-21-14)13(20)18-5-3-15(4-6-18)22-7-8-23-15/h9-10H,1-8H2,(H,16,17,19). The summed E-state index contributed by atoms with van der Waals surface area (Å²) >= 11 is 0. The summed E-state index contributed by atoms with van der Waals surface area (Å²) < 4.78 is 16.5. The maximum atomic E-state index is 12.5. The predicted molar refractivity (Wildman–Crippen MR) is 77.6 cm³/mol. The van der Waals surface area contributed by atoms with E-state index in [-0.39, 0.29) is 29.4 Å². The van der Waals surface area contributed by atoms with Gasteiger partial charge >= 0.3 is 6.01 Å². The van der Waals surface area contributed by atoms with Crippen LogP contribution >= 0.6 is 0 Å². The Kier molecular flexibility index (Phi) is 3.57. The second kappa shape index (κ2) is 5.61. The van der Waals surface area contributed by atoms with Gasteiger partial charge in [0, 0.05) is 31.8 Å². The topological polar surface area (TPSA) is 93.9 Å².